The molecule has 0 atom stereocenters. The first kappa shape index (κ1) is 15.8. The molecule has 0 unspecified atom stereocenters. The number of rotatable bonds is 5. The van der Waals surface area contributed by atoms with Crippen molar-refractivity contribution in [1.29, 1.82) is 0 Å². The fourth-order valence-corrected chi connectivity index (χ4v) is 1.98. The predicted octanol–water partition coefficient (Wildman–Crippen LogP) is 4.22. The molecule has 0 saturated heterocycles. The Labute approximate surface area is 133 Å². The monoisotopic (exact) mass is 288 g/mol. The highest BCUT2D eigenvalue weighted by Gasteiger charge is 1.88. The van der Waals surface area contributed by atoms with E-state index in [1.165, 1.54) is 12.8 Å². The van der Waals surface area contributed by atoms with E-state index in [9.17, 15) is 0 Å². The third-order valence-electron chi connectivity index (χ3n) is 3.14. The van der Waals surface area contributed by atoms with Crippen molar-refractivity contribution in [2.24, 2.45) is 0 Å². The Balaban J connectivity index is 1.52. The molecule has 0 spiro atoms. The Kier molecular flexibility index (Phi) is 7.32. The molecule has 2 heterocycles. The highest BCUT2D eigenvalue weighted by Crippen LogP contribution is 2.05. The van der Waals surface area contributed by atoms with Gasteiger partial charge in [-0.2, -0.15) is 0 Å². The van der Waals surface area contributed by atoms with Gasteiger partial charge >= 0.3 is 0 Å². The van der Waals surface area contributed by atoms with Crippen LogP contribution in [0, 0.1) is 23.7 Å². The fourth-order valence-electron chi connectivity index (χ4n) is 1.98. The average Bonchev–Trinajstić information content (AvgIpc) is 2.58. The zero-order valence-electron chi connectivity index (χ0n) is 12.8. The number of hydrogen-bond acceptors (Lipinski definition) is 2. The van der Waals surface area contributed by atoms with E-state index in [0.717, 1.165) is 36.8 Å². The van der Waals surface area contributed by atoms with Crippen LogP contribution >= 0.6 is 0 Å². The maximum Gasteiger partial charge on any atom is 0.0428 e. The summed E-state index contributed by atoms with van der Waals surface area (Å²) in [6, 6.07) is 7.80. The van der Waals surface area contributed by atoms with Gasteiger partial charge < -0.3 is 0 Å². The van der Waals surface area contributed by atoms with E-state index in [2.05, 4.69) is 33.6 Å². The SMILES string of the molecule is C(#Cc1cccnc1)CCCCCCC#Cc1cccnc1. The van der Waals surface area contributed by atoms with Crippen molar-refractivity contribution in [2.75, 3.05) is 0 Å². The van der Waals surface area contributed by atoms with Gasteiger partial charge in [-0.15, -0.1) is 0 Å². The summed E-state index contributed by atoms with van der Waals surface area (Å²) >= 11 is 0. The van der Waals surface area contributed by atoms with Gasteiger partial charge in [0.2, 0.25) is 0 Å². The lowest BCUT2D eigenvalue weighted by Gasteiger charge is -1.95. The zero-order valence-corrected chi connectivity index (χ0v) is 12.8. The van der Waals surface area contributed by atoms with Crippen molar-refractivity contribution in [3.63, 3.8) is 0 Å². The molecule has 2 nitrogen and oxygen atoms in total. The van der Waals surface area contributed by atoms with E-state index >= 15 is 0 Å². The largest absolute Gasteiger partial charge is 0.263 e. The summed E-state index contributed by atoms with van der Waals surface area (Å²) in [7, 11) is 0. The second-order valence-corrected chi connectivity index (χ2v) is 5.00. The smallest absolute Gasteiger partial charge is 0.0428 e. The summed E-state index contributed by atoms with van der Waals surface area (Å²) in [5.74, 6) is 12.7. The van der Waals surface area contributed by atoms with Crippen LogP contribution in [0.5, 0.6) is 0 Å². The fraction of sp³-hybridized carbons (Fsp3) is 0.300. The number of unbranched alkanes of at least 4 members (excludes halogenated alkanes) is 5. The van der Waals surface area contributed by atoms with Crippen molar-refractivity contribution in [1.82, 2.24) is 9.97 Å². The molecular formula is C20H20N2. The molecular weight excluding hydrogens is 268 g/mol. The molecule has 0 saturated carbocycles. The lowest BCUT2D eigenvalue weighted by molar-refractivity contribution is 0.661. The quantitative estimate of drug-likeness (QED) is 0.608. The summed E-state index contributed by atoms with van der Waals surface area (Å²) in [6.45, 7) is 0. The molecule has 0 aliphatic heterocycles. The minimum Gasteiger partial charge on any atom is -0.263 e. The highest BCUT2D eigenvalue weighted by atomic mass is 14.6. The molecule has 0 N–H and O–H groups in total. The maximum atomic E-state index is 4.04. The Morgan fingerprint density at radius 3 is 1.59 bits per heavy atom. The number of hydrogen-bond donors (Lipinski definition) is 0. The first-order valence-electron chi connectivity index (χ1n) is 7.73. The molecule has 2 aromatic heterocycles. The van der Waals surface area contributed by atoms with Gasteiger partial charge in [0.05, 0.1) is 0 Å². The normalized spacial score (nSPS) is 9.27. The van der Waals surface area contributed by atoms with Crippen molar-refractivity contribution < 1.29 is 0 Å². The standard InChI is InChI=1S/C20H20N2/c1(3-5-7-11-19-13-9-15-21-17-19)2-4-6-8-12-20-14-10-16-22-18-20/h9-10,13-18H,1-6H2. The molecule has 0 fully saturated rings. The second kappa shape index (κ2) is 10.2. The van der Waals surface area contributed by atoms with E-state index in [1.807, 2.05) is 24.3 Å². The van der Waals surface area contributed by atoms with Crippen LogP contribution in [0.4, 0.5) is 0 Å². The van der Waals surface area contributed by atoms with Crippen LogP contribution in [0.15, 0.2) is 49.1 Å². The Morgan fingerprint density at radius 2 is 1.18 bits per heavy atom. The van der Waals surface area contributed by atoms with Crippen molar-refractivity contribution in [2.45, 2.75) is 38.5 Å². The summed E-state index contributed by atoms with van der Waals surface area (Å²) in [6.07, 6.45) is 13.8. The zero-order chi connectivity index (χ0) is 15.3. The van der Waals surface area contributed by atoms with Crippen LogP contribution in [0.3, 0.4) is 0 Å². The molecule has 0 bridgehead atoms. The van der Waals surface area contributed by atoms with Gasteiger partial charge in [0.1, 0.15) is 0 Å². The lowest BCUT2D eigenvalue weighted by atomic mass is 10.1. The molecule has 0 amide bonds. The van der Waals surface area contributed by atoms with E-state index in [0.29, 0.717) is 0 Å². The minimum atomic E-state index is 0.955. The molecule has 2 heteroatoms. The van der Waals surface area contributed by atoms with Crippen molar-refractivity contribution in [3.8, 4) is 23.7 Å². The molecule has 0 aliphatic rings. The summed E-state index contributed by atoms with van der Waals surface area (Å²) in [5.41, 5.74) is 1.99. The Bertz CT molecular complexity index is 593. The van der Waals surface area contributed by atoms with E-state index in [1.54, 1.807) is 24.8 Å². The molecule has 0 aromatic carbocycles. The minimum absolute atomic E-state index is 0.955. The topological polar surface area (TPSA) is 25.8 Å². The Morgan fingerprint density at radius 1 is 0.682 bits per heavy atom. The van der Waals surface area contributed by atoms with Crippen molar-refractivity contribution >= 4 is 0 Å². The number of aromatic nitrogens is 2. The lowest BCUT2D eigenvalue weighted by Crippen LogP contribution is -1.79. The first-order valence-corrected chi connectivity index (χ1v) is 7.73. The summed E-state index contributed by atoms with van der Waals surface area (Å²) in [4.78, 5) is 8.09. The van der Waals surface area contributed by atoms with Crippen molar-refractivity contribution in [3.05, 3.63) is 60.2 Å². The van der Waals surface area contributed by atoms with E-state index < -0.39 is 0 Å². The van der Waals surface area contributed by atoms with Crippen LogP contribution in [0.25, 0.3) is 0 Å². The van der Waals surface area contributed by atoms with E-state index in [4.69, 9.17) is 0 Å². The van der Waals surface area contributed by atoms with Crippen LogP contribution < -0.4 is 0 Å². The first-order chi connectivity index (χ1) is 10.9. The summed E-state index contributed by atoms with van der Waals surface area (Å²) < 4.78 is 0. The van der Waals surface area contributed by atoms with Crippen LogP contribution in [-0.2, 0) is 0 Å². The van der Waals surface area contributed by atoms with Crippen LogP contribution in [-0.4, -0.2) is 9.97 Å². The van der Waals surface area contributed by atoms with Crippen LogP contribution in [0.1, 0.15) is 49.7 Å². The second-order valence-electron chi connectivity index (χ2n) is 5.00. The predicted molar refractivity (Wildman–Crippen MR) is 89.9 cm³/mol. The molecule has 0 aliphatic carbocycles. The number of nitrogens with zero attached hydrogens (tertiary/aromatic N) is 2. The van der Waals surface area contributed by atoms with Gasteiger partial charge in [0, 0.05) is 48.8 Å². The van der Waals surface area contributed by atoms with Gasteiger partial charge in [-0.1, -0.05) is 36.5 Å². The molecule has 110 valence electrons. The highest BCUT2D eigenvalue weighted by molar-refractivity contribution is 5.31. The van der Waals surface area contributed by atoms with Gasteiger partial charge in [-0.3, -0.25) is 9.97 Å². The third kappa shape index (κ3) is 6.73. The van der Waals surface area contributed by atoms with Crippen LogP contribution in [0.2, 0.25) is 0 Å². The number of pyridine rings is 2. The van der Waals surface area contributed by atoms with Gasteiger partial charge in [0.25, 0.3) is 0 Å². The van der Waals surface area contributed by atoms with E-state index in [-0.39, 0.29) is 0 Å². The summed E-state index contributed by atoms with van der Waals surface area (Å²) in [5, 5.41) is 0. The average molecular weight is 288 g/mol. The molecule has 2 rings (SSSR count). The molecule has 0 radical (unpaired) electrons. The van der Waals surface area contributed by atoms with Gasteiger partial charge in [-0.25, -0.2) is 0 Å². The molecule has 22 heavy (non-hydrogen) atoms. The van der Waals surface area contributed by atoms with Gasteiger partial charge in [0.15, 0.2) is 0 Å². The Hall–Kier alpha value is -2.58. The third-order valence-corrected chi connectivity index (χ3v) is 3.14. The maximum absolute atomic E-state index is 4.04. The van der Waals surface area contributed by atoms with Gasteiger partial charge in [-0.05, 0) is 37.1 Å². The molecule has 2 aromatic rings.